The maximum atomic E-state index is 13.4. The van der Waals surface area contributed by atoms with Crippen LogP contribution in [-0.4, -0.2) is 44.2 Å². The summed E-state index contributed by atoms with van der Waals surface area (Å²) in [6.07, 6.45) is 3.76. The van der Waals surface area contributed by atoms with Crippen molar-refractivity contribution in [3.05, 3.63) is 99.4 Å². The second kappa shape index (κ2) is 9.97. The summed E-state index contributed by atoms with van der Waals surface area (Å²) >= 11 is 1.29. The average Bonchev–Trinajstić information content (AvgIpc) is 3.69. The van der Waals surface area contributed by atoms with Crippen LogP contribution in [0.4, 0.5) is 0 Å². The van der Waals surface area contributed by atoms with Crippen LogP contribution in [0, 0.1) is 0 Å². The van der Waals surface area contributed by atoms with Gasteiger partial charge in [-0.15, -0.1) is 5.10 Å². The Balaban J connectivity index is 1.31. The monoisotopic (exact) mass is 549 g/mol. The van der Waals surface area contributed by atoms with Crippen molar-refractivity contribution >= 4 is 22.4 Å². The van der Waals surface area contributed by atoms with Gasteiger partial charge in [0, 0.05) is 22.9 Å². The van der Waals surface area contributed by atoms with Gasteiger partial charge in [0.15, 0.2) is 17.3 Å². The lowest BCUT2D eigenvalue weighted by Gasteiger charge is -2.18. The van der Waals surface area contributed by atoms with Gasteiger partial charge in [-0.25, -0.2) is 4.68 Å². The number of rotatable bonds is 6. The van der Waals surface area contributed by atoms with Gasteiger partial charge in [-0.3, -0.25) is 4.79 Å². The van der Waals surface area contributed by atoms with Gasteiger partial charge in [-0.1, -0.05) is 29.5 Å². The van der Waals surface area contributed by atoms with Crippen molar-refractivity contribution in [2.24, 2.45) is 0 Å². The number of aromatic nitrogens is 5. The van der Waals surface area contributed by atoms with Gasteiger partial charge < -0.3 is 14.2 Å². The van der Waals surface area contributed by atoms with Crippen LogP contribution in [0.3, 0.4) is 0 Å². The number of hydrogen-bond donors (Lipinski definition) is 0. The normalized spacial score (nSPS) is 13.2. The Hall–Kier alpha value is -4.96. The third kappa shape index (κ3) is 4.38. The molecule has 10 heteroatoms. The molecule has 0 saturated heterocycles. The first kappa shape index (κ1) is 24.1. The fraction of sp³-hybridized carbons (Fsp3) is 0.133. The Morgan fingerprint density at radius 3 is 2.50 bits per heavy atom. The summed E-state index contributed by atoms with van der Waals surface area (Å²) in [4.78, 5) is 18.5. The summed E-state index contributed by atoms with van der Waals surface area (Å²) in [7, 11) is 0. The molecule has 0 bridgehead atoms. The van der Waals surface area contributed by atoms with Crippen molar-refractivity contribution in [3.63, 3.8) is 0 Å². The number of para-hydroxylation sites is 1. The quantitative estimate of drug-likeness (QED) is 0.304. The maximum absolute atomic E-state index is 13.4. The van der Waals surface area contributed by atoms with Crippen LogP contribution >= 0.6 is 11.3 Å². The van der Waals surface area contributed by atoms with E-state index in [1.807, 2.05) is 96.7 Å². The van der Waals surface area contributed by atoms with Gasteiger partial charge in [0.1, 0.15) is 24.7 Å². The van der Waals surface area contributed by atoms with Crippen LogP contribution in [0.25, 0.3) is 39.4 Å². The average molecular weight is 550 g/mol. The minimum Gasteiger partial charge on any atom is -0.494 e. The Bertz CT molecular complexity index is 1940. The second-order valence-electron chi connectivity index (χ2n) is 9.07. The molecule has 0 N–H and O–H groups in total. The molecule has 3 aromatic heterocycles. The number of fused-ring (bicyclic) bond motifs is 2. The molecule has 198 valence electrons. The Labute approximate surface area is 232 Å². The highest BCUT2D eigenvalue weighted by Crippen LogP contribution is 2.35. The summed E-state index contributed by atoms with van der Waals surface area (Å²) in [5.74, 6) is 2.65. The molecule has 0 saturated carbocycles. The van der Waals surface area contributed by atoms with E-state index >= 15 is 0 Å². The zero-order chi connectivity index (χ0) is 27.1. The molecule has 0 unspecified atom stereocenters. The smallest absolute Gasteiger partial charge is 0.291 e. The summed E-state index contributed by atoms with van der Waals surface area (Å²) in [5, 5.41) is 9.38. The first-order valence-electron chi connectivity index (χ1n) is 12.9. The van der Waals surface area contributed by atoms with E-state index in [1.54, 1.807) is 0 Å². The maximum Gasteiger partial charge on any atom is 0.291 e. The van der Waals surface area contributed by atoms with E-state index < -0.39 is 0 Å². The van der Waals surface area contributed by atoms with Gasteiger partial charge >= 0.3 is 0 Å². The molecule has 0 atom stereocenters. The molecule has 1 aliphatic rings. The molecular weight excluding hydrogens is 526 g/mol. The van der Waals surface area contributed by atoms with Crippen LogP contribution in [0.2, 0.25) is 0 Å². The number of hydrogen-bond acceptors (Lipinski definition) is 8. The second-order valence-corrected chi connectivity index (χ2v) is 10.1. The highest BCUT2D eigenvalue weighted by Gasteiger charge is 2.18. The lowest BCUT2D eigenvalue weighted by molar-refractivity contribution is 0.171. The SMILES string of the molecule is CCOc1ccc(-c2nc3s/c(=C\c4cn(-c5ccccc5)nc4-c4ccc5c(c4)OCCO5)c(=O)n3n2)cc1. The van der Waals surface area contributed by atoms with E-state index in [0.717, 1.165) is 28.1 Å². The van der Waals surface area contributed by atoms with E-state index in [0.29, 0.717) is 52.3 Å². The molecule has 0 fully saturated rings. The molecule has 3 aromatic carbocycles. The summed E-state index contributed by atoms with van der Waals surface area (Å²) < 4.78 is 20.7. The molecule has 40 heavy (non-hydrogen) atoms. The minimum atomic E-state index is -0.231. The molecule has 7 rings (SSSR count). The fourth-order valence-electron chi connectivity index (χ4n) is 4.59. The zero-order valence-electron chi connectivity index (χ0n) is 21.5. The van der Waals surface area contributed by atoms with E-state index in [2.05, 4.69) is 10.1 Å². The molecule has 4 heterocycles. The predicted octanol–water partition coefficient (Wildman–Crippen LogP) is 4.39. The topological polar surface area (TPSA) is 92.8 Å². The van der Waals surface area contributed by atoms with Crippen LogP contribution in [0.1, 0.15) is 12.5 Å². The van der Waals surface area contributed by atoms with Crippen molar-refractivity contribution in [2.45, 2.75) is 6.92 Å². The van der Waals surface area contributed by atoms with Gasteiger partial charge in [-0.05, 0) is 67.6 Å². The molecule has 9 nitrogen and oxygen atoms in total. The van der Waals surface area contributed by atoms with Crippen molar-refractivity contribution in [1.29, 1.82) is 0 Å². The van der Waals surface area contributed by atoms with Crippen LogP contribution in [0.15, 0.2) is 83.8 Å². The molecule has 6 aromatic rings. The third-order valence-electron chi connectivity index (χ3n) is 6.47. The Morgan fingerprint density at radius 1 is 0.950 bits per heavy atom. The molecule has 0 spiro atoms. The minimum absolute atomic E-state index is 0.231. The standard InChI is InChI=1S/C30H23N5O4S/c1-2-37-23-11-8-19(9-12-23)28-31-30-35(33-28)29(36)26(40-30)17-21-18-34(22-6-4-3-5-7-22)32-27(21)20-10-13-24-25(16-20)39-15-14-38-24/h3-13,16-18H,2,14-15H2,1H3/b26-17-. The lowest BCUT2D eigenvalue weighted by Crippen LogP contribution is -2.23. The van der Waals surface area contributed by atoms with Crippen molar-refractivity contribution in [1.82, 2.24) is 24.4 Å². The van der Waals surface area contributed by atoms with Crippen LogP contribution in [-0.2, 0) is 0 Å². The summed E-state index contributed by atoms with van der Waals surface area (Å²) in [5.41, 5.74) is 3.85. The molecule has 1 aliphatic heterocycles. The van der Waals surface area contributed by atoms with Crippen LogP contribution < -0.4 is 24.3 Å². The predicted molar refractivity (Wildman–Crippen MR) is 153 cm³/mol. The van der Waals surface area contributed by atoms with E-state index in [4.69, 9.17) is 19.3 Å². The summed E-state index contributed by atoms with van der Waals surface area (Å²) in [6.45, 7) is 3.55. The van der Waals surface area contributed by atoms with Gasteiger partial charge in [0.25, 0.3) is 5.56 Å². The number of benzene rings is 3. The van der Waals surface area contributed by atoms with E-state index in [1.165, 1.54) is 15.9 Å². The molecule has 0 aliphatic carbocycles. The van der Waals surface area contributed by atoms with Crippen molar-refractivity contribution < 1.29 is 14.2 Å². The highest BCUT2D eigenvalue weighted by atomic mass is 32.1. The molecule has 0 amide bonds. The Kier molecular flexibility index (Phi) is 6.01. The summed E-state index contributed by atoms with van der Waals surface area (Å²) in [6, 6.07) is 23.1. The van der Waals surface area contributed by atoms with E-state index in [9.17, 15) is 4.79 Å². The highest BCUT2D eigenvalue weighted by molar-refractivity contribution is 7.15. The Morgan fingerprint density at radius 2 is 1.73 bits per heavy atom. The first-order valence-corrected chi connectivity index (χ1v) is 13.7. The van der Waals surface area contributed by atoms with E-state index in [-0.39, 0.29) is 5.56 Å². The van der Waals surface area contributed by atoms with Gasteiger partial charge in [0.2, 0.25) is 4.96 Å². The molecular formula is C30H23N5O4S. The fourth-order valence-corrected chi connectivity index (χ4v) is 5.48. The number of ether oxygens (including phenoxy) is 3. The van der Waals surface area contributed by atoms with Crippen LogP contribution in [0.5, 0.6) is 17.2 Å². The van der Waals surface area contributed by atoms with Crippen molar-refractivity contribution in [3.8, 4) is 45.6 Å². The third-order valence-corrected chi connectivity index (χ3v) is 7.43. The van der Waals surface area contributed by atoms with Crippen molar-refractivity contribution in [2.75, 3.05) is 19.8 Å². The largest absolute Gasteiger partial charge is 0.494 e. The van der Waals surface area contributed by atoms with Gasteiger partial charge in [0.05, 0.1) is 16.8 Å². The molecule has 0 radical (unpaired) electrons. The zero-order valence-corrected chi connectivity index (χ0v) is 22.3. The first-order chi connectivity index (χ1) is 19.7. The lowest BCUT2D eigenvalue weighted by atomic mass is 10.1. The number of nitrogens with zero attached hydrogens (tertiary/aromatic N) is 5. The number of thiazole rings is 1. The van der Waals surface area contributed by atoms with Gasteiger partial charge in [-0.2, -0.15) is 14.6 Å².